The molecule has 1 N–H and O–H groups in total. The van der Waals surface area contributed by atoms with E-state index in [9.17, 15) is 4.39 Å². The molecule has 0 aromatic carbocycles. The van der Waals surface area contributed by atoms with Gasteiger partial charge in [0.25, 0.3) is 0 Å². The maximum absolute atomic E-state index is 11.8. The molecule has 84 valence electrons. The van der Waals surface area contributed by atoms with Crippen molar-refractivity contribution in [1.29, 1.82) is 0 Å². The number of pyridine rings is 1. The smallest absolute Gasteiger partial charge is 0.137 e. The van der Waals surface area contributed by atoms with Crippen molar-refractivity contribution in [3.05, 3.63) is 24.0 Å². The van der Waals surface area contributed by atoms with Gasteiger partial charge < -0.3 is 10.1 Å². The highest BCUT2D eigenvalue weighted by Crippen LogP contribution is 2.08. The molecule has 4 heteroatoms. The monoisotopic (exact) mass is 212 g/mol. The highest BCUT2D eigenvalue weighted by molar-refractivity contribution is 5.19. The third-order valence-corrected chi connectivity index (χ3v) is 1.88. The van der Waals surface area contributed by atoms with Crippen LogP contribution in [0.5, 0.6) is 5.75 Å². The summed E-state index contributed by atoms with van der Waals surface area (Å²) >= 11 is 0. The van der Waals surface area contributed by atoms with E-state index >= 15 is 0 Å². The van der Waals surface area contributed by atoms with E-state index in [2.05, 4.69) is 17.2 Å². The van der Waals surface area contributed by atoms with Gasteiger partial charge in [0.2, 0.25) is 0 Å². The SMILES string of the molecule is CCCNCc1ccc(OCCF)cn1. The highest BCUT2D eigenvalue weighted by Gasteiger charge is 1.96. The molecule has 15 heavy (non-hydrogen) atoms. The molecule has 0 radical (unpaired) electrons. The number of nitrogens with zero attached hydrogens (tertiary/aromatic N) is 1. The Hall–Kier alpha value is -1.16. The zero-order chi connectivity index (χ0) is 10.9. The number of aromatic nitrogens is 1. The molecule has 0 aliphatic heterocycles. The predicted octanol–water partition coefficient (Wildman–Crippen LogP) is 1.93. The first-order valence-corrected chi connectivity index (χ1v) is 5.21. The highest BCUT2D eigenvalue weighted by atomic mass is 19.1. The third-order valence-electron chi connectivity index (χ3n) is 1.88. The average molecular weight is 212 g/mol. The van der Waals surface area contributed by atoms with Gasteiger partial charge in [0, 0.05) is 6.54 Å². The predicted molar refractivity (Wildman–Crippen MR) is 57.7 cm³/mol. The lowest BCUT2D eigenvalue weighted by Crippen LogP contribution is -2.14. The average Bonchev–Trinajstić information content (AvgIpc) is 2.28. The molecular weight excluding hydrogens is 195 g/mol. The largest absolute Gasteiger partial charge is 0.489 e. The zero-order valence-electron chi connectivity index (χ0n) is 9.00. The number of ether oxygens (including phenoxy) is 1. The van der Waals surface area contributed by atoms with Crippen molar-refractivity contribution in [2.45, 2.75) is 19.9 Å². The number of hydrogen-bond acceptors (Lipinski definition) is 3. The number of alkyl halides is 1. The molecule has 0 atom stereocenters. The van der Waals surface area contributed by atoms with E-state index in [0.717, 1.165) is 25.2 Å². The molecule has 1 aromatic rings. The van der Waals surface area contributed by atoms with Crippen LogP contribution in [-0.2, 0) is 6.54 Å². The van der Waals surface area contributed by atoms with Crippen LogP contribution in [-0.4, -0.2) is 24.8 Å². The van der Waals surface area contributed by atoms with Crippen LogP contribution in [0.25, 0.3) is 0 Å². The quantitative estimate of drug-likeness (QED) is 0.701. The van der Waals surface area contributed by atoms with Crippen LogP contribution in [0.4, 0.5) is 4.39 Å². The summed E-state index contributed by atoms with van der Waals surface area (Å²) in [6.45, 7) is 3.49. The van der Waals surface area contributed by atoms with Gasteiger partial charge >= 0.3 is 0 Å². The minimum absolute atomic E-state index is 0.0924. The van der Waals surface area contributed by atoms with Crippen LogP contribution in [0.15, 0.2) is 18.3 Å². The molecule has 0 amide bonds. The Bertz CT molecular complexity index is 264. The van der Waals surface area contributed by atoms with Gasteiger partial charge in [-0.1, -0.05) is 6.92 Å². The van der Waals surface area contributed by atoms with Crippen molar-refractivity contribution in [1.82, 2.24) is 10.3 Å². The van der Waals surface area contributed by atoms with Crippen LogP contribution in [0, 0.1) is 0 Å². The molecule has 0 spiro atoms. The molecule has 1 heterocycles. The van der Waals surface area contributed by atoms with E-state index in [0.29, 0.717) is 5.75 Å². The van der Waals surface area contributed by atoms with Gasteiger partial charge in [0.05, 0.1) is 11.9 Å². The van der Waals surface area contributed by atoms with E-state index in [4.69, 9.17) is 4.74 Å². The second kappa shape index (κ2) is 7.17. The molecule has 0 saturated carbocycles. The first-order chi connectivity index (χ1) is 7.36. The second-order valence-electron chi connectivity index (χ2n) is 3.20. The zero-order valence-corrected chi connectivity index (χ0v) is 9.00. The van der Waals surface area contributed by atoms with Gasteiger partial charge in [-0.05, 0) is 25.1 Å². The fraction of sp³-hybridized carbons (Fsp3) is 0.545. The lowest BCUT2D eigenvalue weighted by atomic mass is 10.3. The van der Waals surface area contributed by atoms with Gasteiger partial charge in [-0.15, -0.1) is 0 Å². The summed E-state index contributed by atoms with van der Waals surface area (Å²) < 4.78 is 16.9. The first kappa shape index (κ1) is 11.9. The first-order valence-electron chi connectivity index (χ1n) is 5.21. The third kappa shape index (κ3) is 4.74. The van der Waals surface area contributed by atoms with Crippen molar-refractivity contribution in [3.8, 4) is 5.75 Å². The summed E-state index contributed by atoms with van der Waals surface area (Å²) in [4.78, 5) is 4.19. The maximum atomic E-state index is 11.8. The normalized spacial score (nSPS) is 10.3. The lowest BCUT2D eigenvalue weighted by molar-refractivity contribution is 0.272. The van der Waals surface area contributed by atoms with Crippen LogP contribution in [0.1, 0.15) is 19.0 Å². The summed E-state index contributed by atoms with van der Waals surface area (Å²) in [5.41, 5.74) is 0.969. The molecule has 3 nitrogen and oxygen atoms in total. The van der Waals surface area contributed by atoms with Crippen molar-refractivity contribution >= 4 is 0 Å². The molecular formula is C11H17FN2O. The minimum atomic E-state index is -0.472. The van der Waals surface area contributed by atoms with Crippen molar-refractivity contribution < 1.29 is 9.13 Å². The van der Waals surface area contributed by atoms with Gasteiger partial charge in [0.15, 0.2) is 0 Å². The topological polar surface area (TPSA) is 34.1 Å². The summed E-state index contributed by atoms with van der Waals surface area (Å²) in [5.74, 6) is 0.617. The van der Waals surface area contributed by atoms with Crippen LogP contribution in [0.2, 0.25) is 0 Å². The van der Waals surface area contributed by atoms with Gasteiger partial charge in [0.1, 0.15) is 19.0 Å². The summed E-state index contributed by atoms with van der Waals surface area (Å²) in [5, 5.41) is 3.25. The molecule has 0 saturated heterocycles. The number of nitrogens with one attached hydrogen (secondary N) is 1. The Kier molecular flexibility index (Phi) is 5.70. The lowest BCUT2D eigenvalue weighted by Gasteiger charge is -2.05. The fourth-order valence-corrected chi connectivity index (χ4v) is 1.15. The maximum Gasteiger partial charge on any atom is 0.137 e. The Morgan fingerprint density at radius 3 is 2.93 bits per heavy atom. The summed E-state index contributed by atoms with van der Waals surface area (Å²) in [6, 6.07) is 3.70. The van der Waals surface area contributed by atoms with Gasteiger partial charge in [-0.25, -0.2) is 4.39 Å². The summed E-state index contributed by atoms with van der Waals surface area (Å²) in [6.07, 6.45) is 2.73. The number of rotatable bonds is 7. The fourth-order valence-electron chi connectivity index (χ4n) is 1.15. The molecule has 0 aliphatic rings. The Balaban J connectivity index is 2.35. The van der Waals surface area contributed by atoms with Crippen LogP contribution >= 0.6 is 0 Å². The number of hydrogen-bond donors (Lipinski definition) is 1. The Labute approximate surface area is 89.7 Å². The minimum Gasteiger partial charge on any atom is -0.489 e. The van der Waals surface area contributed by atoms with Gasteiger partial charge in [-0.3, -0.25) is 4.98 Å². The molecule has 0 aliphatic carbocycles. The number of halogens is 1. The molecule has 1 aromatic heterocycles. The molecule has 0 bridgehead atoms. The van der Waals surface area contributed by atoms with E-state index in [-0.39, 0.29) is 6.61 Å². The molecule has 0 fully saturated rings. The second-order valence-corrected chi connectivity index (χ2v) is 3.20. The van der Waals surface area contributed by atoms with Crippen LogP contribution < -0.4 is 10.1 Å². The summed E-state index contributed by atoms with van der Waals surface area (Å²) in [7, 11) is 0. The van der Waals surface area contributed by atoms with E-state index in [1.54, 1.807) is 6.20 Å². The van der Waals surface area contributed by atoms with E-state index < -0.39 is 6.67 Å². The van der Waals surface area contributed by atoms with Gasteiger partial charge in [-0.2, -0.15) is 0 Å². The molecule has 0 unspecified atom stereocenters. The van der Waals surface area contributed by atoms with Crippen molar-refractivity contribution in [2.24, 2.45) is 0 Å². The Morgan fingerprint density at radius 1 is 1.47 bits per heavy atom. The van der Waals surface area contributed by atoms with E-state index in [1.807, 2.05) is 12.1 Å². The van der Waals surface area contributed by atoms with Crippen LogP contribution in [0.3, 0.4) is 0 Å². The Morgan fingerprint density at radius 2 is 2.33 bits per heavy atom. The van der Waals surface area contributed by atoms with E-state index in [1.165, 1.54) is 0 Å². The van der Waals surface area contributed by atoms with Crippen molar-refractivity contribution in [3.63, 3.8) is 0 Å². The standard InChI is InChI=1S/C11H17FN2O/c1-2-6-13-8-10-3-4-11(9-14-10)15-7-5-12/h3-4,9,13H,2,5-8H2,1H3. The van der Waals surface area contributed by atoms with Crippen molar-refractivity contribution in [2.75, 3.05) is 19.8 Å². The molecule has 1 rings (SSSR count).